The minimum absolute atomic E-state index is 0.233. The fraction of sp³-hybridized carbons (Fsp3) is 0.857. The van der Waals surface area contributed by atoms with Crippen molar-refractivity contribution in [2.24, 2.45) is 11.8 Å². The molecule has 19 heavy (non-hydrogen) atoms. The number of nitrogens with one attached hydrogen (secondary N) is 2. The molecule has 2 aliphatic rings. The minimum Gasteiger partial charge on any atom is -0.480 e. The standard InChI is InChI=1S/C14H24N2O3/c1-3-10-7-11(10)15-13(19)16-14(12(17)18)6-4-5-9(2)8-14/h9-11H,3-8H2,1-2H3,(H,17,18)(H2,15,16,19). The molecular formula is C14H24N2O3. The Bertz CT molecular complexity index is 372. The van der Waals surface area contributed by atoms with E-state index in [1.54, 1.807) is 0 Å². The first-order chi connectivity index (χ1) is 8.97. The third-order valence-corrected chi connectivity index (χ3v) is 4.52. The van der Waals surface area contributed by atoms with E-state index in [0.717, 1.165) is 25.7 Å². The summed E-state index contributed by atoms with van der Waals surface area (Å²) in [6.45, 7) is 4.15. The molecule has 0 spiro atoms. The average molecular weight is 268 g/mol. The molecule has 0 aromatic rings. The number of carboxylic acids is 1. The third-order valence-electron chi connectivity index (χ3n) is 4.52. The van der Waals surface area contributed by atoms with E-state index >= 15 is 0 Å². The van der Waals surface area contributed by atoms with Gasteiger partial charge in [0.05, 0.1) is 0 Å². The lowest BCUT2D eigenvalue weighted by Gasteiger charge is -2.37. The van der Waals surface area contributed by atoms with Crippen molar-refractivity contribution < 1.29 is 14.7 Å². The van der Waals surface area contributed by atoms with Gasteiger partial charge >= 0.3 is 12.0 Å². The summed E-state index contributed by atoms with van der Waals surface area (Å²) in [5.74, 6) is 0.00307. The van der Waals surface area contributed by atoms with Gasteiger partial charge in [-0.25, -0.2) is 9.59 Å². The summed E-state index contributed by atoms with van der Waals surface area (Å²) >= 11 is 0. The number of amides is 2. The molecule has 0 heterocycles. The van der Waals surface area contributed by atoms with Crippen molar-refractivity contribution >= 4 is 12.0 Å². The van der Waals surface area contributed by atoms with Crippen LogP contribution in [0.3, 0.4) is 0 Å². The van der Waals surface area contributed by atoms with E-state index in [1.165, 1.54) is 0 Å². The highest BCUT2D eigenvalue weighted by Crippen LogP contribution is 2.34. The lowest BCUT2D eigenvalue weighted by atomic mass is 9.76. The van der Waals surface area contributed by atoms with Crippen molar-refractivity contribution in [1.29, 1.82) is 0 Å². The second kappa shape index (κ2) is 5.39. The van der Waals surface area contributed by atoms with Crippen LogP contribution < -0.4 is 10.6 Å². The summed E-state index contributed by atoms with van der Waals surface area (Å²) in [6, 6.07) is -0.0886. The summed E-state index contributed by atoms with van der Waals surface area (Å²) in [7, 11) is 0. The zero-order chi connectivity index (χ0) is 14.0. The van der Waals surface area contributed by atoms with Crippen molar-refractivity contribution in [2.75, 3.05) is 0 Å². The summed E-state index contributed by atoms with van der Waals surface area (Å²) < 4.78 is 0. The highest BCUT2D eigenvalue weighted by atomic mass is 16.4. The molecule has 4 unspecified atom stereocenters. The first-order valence-corrected chi connectivity index (χ1v) is 7.29. The van der Waals surface area contributed by atoms with Crippen LogP contribution >= 0.6 is 0 Å². The van der Waals surface area contributed by atoms with Crippen LogP contribution in [0.2, 0.25) is 0 Å². The van der Waals surface area contributed by atoms with Gasteiger partial charge in [-0.15, -0.1) is 0 Å². The number of rotatable bonds is 4. The smallest absolute Gasteiger partial charge is 0.329 e. The molecule has 108 valence electrons. The van der Waals surface area contributed by atoms with Gasteiger partial charge in [0.1, 0.15) is 5.54 Å². The Kier molecular flexibility index (Phi) is 4.02. The lowest BCUT2D eigenvalue weighted by Crippen LogP contribution is -2.59. The zero-order valence-corrected chi connectivity index (χ0v) is 11.7. The Balaban J connectivity index is 1.93. The summed E-state index contributed by atoms with van der Waals surface area (Å²) in [5.41, 5.74) is -1.07. The molecule has 4 atom stereocenters. The van der Waals surface area contributed by atoms with Crippen LogP contribution in [0.4, 0.5) is 4.79 Å². The molecular weight excluding hydrogens is 244 g/mol. The number of carbonyl (C=O) groups is 2. The van der Waals surface area contributed by atoms with Crippen LogP contribution in [0.25, 0.3) is 0 Å². The first kappa shape index (κ1) is 14.2. The summed E-state index contributed by atoms with van der Waals surface area (Å²) in [5, 5.41) is 15.1. The highest BCUT2D eigenvalue weighted by Gasteiger charge is 2.44. The predicted octanol–water partition coefficient (Wildman–Crippen LogP) is 2.12. The van der Waals surface area contributed by atoms with Gasteiger partial charge in [0, 0.05) is 6.04 Å². The number of carboxylic acid groups (broad SMARTS) is 1. The second-order valence-electron chi connectivity index (χ2n) is 6.20. The molecule has 3 N–H and O–H groups in total. The molecule has 2 rings (SSSR count). The molecule has 5 nitrogen and oxygen atoms in total. The van der Waals surface area contributed by atoms with Gasteiger partial charge in [0.25, 0.3) is 0 Å². The van der Waals surface area contributed by atoms with Crippen molar-refractivity contribution in [1.82, 2.24) is 10.6 Å². The molecule has 2 saturated carbocycles. The molecule has 5 heteroatoms. The van der Waals surface area contributed by atoms with Crippen molar-refractivity contribution in [2.45, 2.75) is 64.0 Å². The largest absolute Gasteiger partial charge is 0.480 e. The molecule has 2 amide bonds. The fourth-order valence-corrected chi connectivity index (χ4v) is 3.21. The maximum absolute atomic E-state index is 12.0. The number of aliphatic carboxylic acids is 1. The molecule has 0 aromatic heterocycles. The topological polar surface area (TPSA) is 78.4 Å². The van der Waals surface area contributed by atoms with Gasteiger partial charge < -0.3 is 15.7 Å². The lowest BCUT2D eigenvalue weighted by molar-refractivity contribution is -0.146. The molecule has 2 aliphatic carbocycles. The van der Waals surface area contributed by atoms with Gasteiger partial charge in [0.2, 0.25) is 0 Å². The van der Waals surface area contributed by atoms with Crippen LogP contribution in [0.1, 0.15) is 52.4 Å². The van der Waals surface area contributed by atoms with E-state index in [1.807, 2.05) is 6.92 Å². The van der Waals surface area contributed by atoms with Gasteiger partial charge in [-0.3, -0.25) is 0 Å². The Hall–Kier alpha value is -1.26. The van der Waals surface area contributed by atoms with E-state index in [2.05, 4.69) is 17.6 Å². The second-order valence-corrected chi connectivity index (χ2v) is 6.20. The van der Waals surface area contributed by atoms with Gasteiger partial charge in [-0.05, 0) is 31.1 Å². The van der Waals surface area contributed by atoms with Crippen LogP contribution in [0, 0.1) is 11.8 Å². The average Bonchev–Trinajstić information content (AvgIpc) is 3.06. The fourth-order valence-electron chi connectivity index (χ4n) is 3.21. The SMILES string of the molecule is CCC1CC1NC(=O)NC1(C(=O)O)CCCC(C)C1. The summed E-state index contributed by atoms with van der Waals surface area (Å²) in [4.78, 5) is 23.5. The molecule has 0 bridgehead atoms. The molecule has 0 aliphatic heterocycles. The maximum Gasteiger partial charge on any atom is 0.329 e. The molecule has 0 aromatic carbocycles. The third kappa shape index (κ3) is 3.19. The Morgan fingerprint density at radius 2 is 2.16 bits per heavy atom. The predicted molar refractivity (Wildman–Crippen MR) is 71.9 cm³/mol. The van der Waals surface area contributed by atoms with Crippen molar-refractivity contribution in [3.8, 4) is 0 Å². The summed E-state index contributed by atoms with van der Waals surface area (Å²) in [6.07, 6.45) is 5.03. The van der Waals surface area contributed by atoms with E-state index in [0.29, 0.717) is 24.7 Å². The Morgan fingerprint density at radius 3 is 2.68 bits per heavy atom. The van der Waals surface area contributed by atoms with Crippen LogP contribution in [-0.4, -0.2) is 28.7 Å². The molecule has 0 radical (unpaired) electrons. The molecule has 0 saturated heterocycles. The van der Waals surface area contributed by atoms with Crippen molar-refractivity contribution in [3.63, 3.8) is 0 Å². The van der Waals surface area contributed by atoms with E-state index in [4.69, 9.17) is 0 Å². The first-order valence-electron chi connectivity index (χ1n) is 7.29. The van der Waals surface area contributed by atoms with E-state index in [-0.39, 0.29) is 12.1 Å². The number of urea groups is 1. The number of hydrogen-bond acceptors (Lipinski definition) is 2. The van der Waals surface area contributed by atoms with E-state index in [9.17, 15) is 14.7 Å². The Labute approximate surface area is 114 Å². The Morgan fingerprint density at radius 1 is 1.42 bits per heavy atom. The van der Waals surface area contributed by atoms with Gasteiger partial charge in [0.15, 0.2) is 0 Å². The van der Waals surface area contributed by atoms with Crippen molar-refractivity contribution in [3.05, 3.63) is 0 Å². The normalized spacial score (nSPS) is 37.5. The van der Waals surface area contributed by atoms with Crippen LogP contribution in [0.5, 0.6) is 0 Å². The van der Waals surface area contributed by atoms with Crippen LogP contribution in [-0.2, 0) is 4.79 Å². The molecule has 2 fully saturated rings. The van der Waals surface area contributed by atoms with Crippen LogP contribution in [0.15, 0.2) is 0 Å². The quantitative estimate of drug-likeness (QED) is 0.730. The minimum atomic E-state index is -1.07. The van der Waals surface area contributed by atoms with E-state index < -0.39 is 11.5 Å². The maximum atomic E-state index is 12.0. The number of carbonyl (C=O) groups excluding carboxylic acids is 1. The number of hydrogen-bond donors (Lipinski definition) is 3. The highest BCUT2D eigenvalue weighted by molar-refractivity contribution is 5.86. The van der Waals surface area contributed by atoms with Gasteiger partial charge in [-0.2, -0.15) is 0 Å². The monoisotopic (exact) mass is 268 g/mol. The zero-order valence-electron chi connectivity index (χ0n) is 11.7. The van der Waals surface area contributed by atoms with Gasteiger partial charge in [-0.1, -0.05) is 33.1 Å².